The highest BCUT2D eigenvalue weighted by Crippen LogP contribution is 2.11. The van der Waals surface area contributed by atoms with Crippen LogP contribution >= 0.6 is 0 Å². The standard InChI is InChI=1S/C17H20N6O2/c1-10(2)8-14-19-17(22-21-14)20-15(24)11(3)23-9-18-13-7-5-4-6-12(13)16(23)25/h4-7,9-11H,8H2,1-3H3,(H2,19,20,21,22,24)/t11-/m0/s1. The normalized spacial score (nSPS) is 12.5. The number of benzene rings is 1. The second kappa shape index (κ2) is 6.84. The Morgan fingerprint density at radius 1 is 1.28 bits per heavy atom. The van der Waals surface area contributed by atoms with Gasteiger partial charge >= 0.3 is 0 Å². The van der Waals surface area contributed by atoms with Gasteiger partial charge in [-0.3, -0.25) is 24.6 Å². The largest absolute Gasteiger partial charge is 0.291 e. The second-order valence-corrected chi connectivity index (χ2v) is 6.34. The Morgan fingerprint density at radius 2 is 2.04 bits per heavy atom. The maximum Gasteiger partial charge on any atom is 0.261 e. The Morgan fingerprint density at radius 3 is 2.80 bits per heavy atom. The average molecular weight is 340 g/mol. The number of nitrogens with one attached hydrogen (secondary N) is 2. The van der Waals surface area contributed by atoms with Crippen molar-refractivity contribution in [1.82, 2.24) is 24.7 Å². The zero-order valence-corrected chi connectivity index (χ0v) is 14.4. The number of amides is 1. The van der Waals surface area contributed by atoms with E-state index in [1.807, 2.05) is 6.07 Å². The van der Waals surface area contributed by atoms with Gasteiger partial charge in [0.05, 0.1) is 17.2 Å². The molecular formula is C17H20N6O2. The van der Waals surface area contributed by atoms with Gasteiger partial charge < -0.3 is 0 Å². The Labute approximate surface area is 144 Å². The SMILES string of the molecule is CC(C)Cc1nc(NC(=O)[C@H](C)n2cnc3ccccc3c2=O)n[nH]1. The Hall–Kier alpha value is -3.03. The maximum absolute atomic E-state index is 12.6. The number of aromatic amines is 1. The van der Waals surface area contributed by atoms with Crippen LogP contribution in [-0.2, 0) is 11.2 Å². The van der Waals surface area contributed by atoms with Crippen LogP contribution in [0.5, 0.6) is 0 Å². The molecule has 2 heterocycles. The van der Waals surface area contributed by atoms with Crippen LogP contribution in [0.3, 0.4) is 0 Å². The molecule has 0 unspecified atom stereocenters. The number of aromatic nitrogens is 5. The number of rotatable bonds is 5. The smallest absolute Gasteiger partial charge is 0.261 e. The molecule has 0 aliphatic rings. The molecule has 0 saturated heterocycles. The third-order valence-corrected chi connectivity index (χ3v) is 3.86. The van der Waals surface area contributed by atoms with Gasteiger partial charge in [-0.25, -0.2) is 4.98 Å². The fraction of sp³-hybridized carbons (Fsp3) is 0.353. The molecular weight excluding hydrogens is 320 g/mol. The number of H-pyrrole nitrogens is 1. The molecule has 1 atom stereocenters. The van der Waals surface area contributed by atoms with Crippen LogP contribution in [0.2, 0.25) is 0 Å². The lowest BCUT2D eigenvalue weighted by Gasteiger charge is -2.13. The lowest BCUT2D eigenvalue weighted by Crippen LogP contribution is -2.32. The fourth-order valence-electron chi connectivity index (χ4n) is 2.53. The van der Waals surface area contributed by atoms with Gasteiger partial charge in [-0.05, 0) is 25.0 Å². The topological polar surface area (TPSA) is 106 Å². The molecule has 2 N–H and O–H groups in total. The molecule has 0 spiro atoms. The highest BCUT2D eigenvalue weighted by atomic mass is 16.2. The van der Waals surface area contributed by atoms with Gasteiger partial charge in [-0.15, -0.1) is 5.10 Å². The molecule has 0 bridgehead atoms. The third kappa shape index (κ3) is 3.57. The third-order valence-electron chi connectivity index (χ3n) is 3.86. The van der Waals surface area contributed by atoms with E-state index in [0.717, 1.165) is 6.42 Å². The molecule has 3 aromatic rings. The van der Waals surface area contributed by atoms with Gasteiger partial charge in [0.2, 0.25) is 11.9 Å². The van der Waals surface area contributed by atoms with Crippen LogP contribution in [0.15, 0.2) is 35.4 Å². The minimum atomic E-state index is -0.739. The number of hydrogen-bond donors (Lipinski definition) is 2. The zero-order chi connectivity index (χ0) is 18.0. The van der Waals surface area contributed by atoms with Gasteiger partial charge in [0.25, 0.3) is 5.56 Å². The van der Waals surface area contributed by atoms with E-state index < -0.39 is 6.04 Å². The highest BCUT2D eigenvalue weighted by Gasteiger charge is 2.19. The molecule has 8 heteroatoms. The van der Waals surface area contributed by atoms with Crippen molar-refractivity contribution in [2.75, 3.05) is 5.32 Å². The first-order chi connectivity index (χ1) is 12.0. The molecule has 130 valence electrons. The van der Waals surface area contributed by atoms with Crippen molar-refractivity contribution in [2.24, 2.45) is 5.92 Å². The quantitative estimate of drug-likeness (QED) is 0.738. The van der Waals surface area contributed by atoms with Crippen LogP contribution in [0.1, 0.15) is 32.6 Å². The molecule has 8 nitrogen and oxygen atoms in total. The van der Waals surface area contributed by atoms with Crippen molar-refractivity contribution >= 4 is 22.8 Å². The summed E-state index contributed by atoms with van der Waals surface area (Å²) in [7, 11) is 0. The zero-order valence-electron chi connectivity index (χ0n) is 14.4. The van der Waals surface area contributed by atoms with Crippen molar-refractivity contribution in [3.05, 3.63) is 46.8 Å². The maximum atomic E-state index is 12.6. The minimum absolute atomic E-state index is 0.203. The minimum Gasteiger partial charge on any atom is -0.291 e. The van der Waals surface area contributed by atoms with E-state index in [4.69, 9.17) is 0 Å². The predicted octanol–water partition coefficient (Wildman–Crippen LogP) is 1.91. The first-order valence-corrected chi connectivity index (χ1v) is 8.13. The predicted molar refractivity (Wildman–Crippen MR) is 94.3 cm³/mol. The molecule has 1 aromatic carbocycles. The van der Waals surface area contributed by atoms with E-state index in [2.05, 4.69) is 39.3 Å². The first-order valence-electron chi connectivity index (χ1n) is 8.13. The van der Waals surface area contributed by atoms with Crippen LogP contribution in [0.4, 0.5) is 5.95 Å². The van der Waals surface area contributed by atoms with Gasteiger partial charge in [0.1, 0.15) is 11.9 Å². The number of para-hydroxylation sites is 1. The van der Waals surface area contributed by atoms with Crippen LogP contribution in [-0.4, -0.2) is 30.6 Å². The summed E-state index contributed by atoms with van der Waals surface area (Å²) in [4.78, 5) is 33.5. The summed E-state index contributed by atoms with van der Waals surface area (Å²) in [5, 5.41) is 9.89. The van der Waals surface area contributed by atoms with Gasteiger partial charge in [0, 0.05) is 6.42 Å². The van der Waals surface area contributed by atoms with Crippen LogP contribution in [0.25, 0.3) is 10.9 Å². The first kappa shape index (κ1) is 16.8. The lowest BCUT2D eigenvalue weighted by atomic mass is 10.1. The van der Waals surface area contributed by atoms with Crippen molar-refractivity contribution in [2.45, 2.75) is 33.2 Å². The highest BCUT2D eigenvalue weighted by molar-refractivity contribution is 5.92. The summed E-state index contributed by atoms with van der Waals surface area (Å²) in [6, 6.07) is 6.30. The molecule has 0 fully saturated rings. The average Bonchev–Trinajstić information content (AvgIpc) is 3.01. The molecule has 25 heavy (non-hydrogen) atoms. The Kier molecular flexibility index (Phi) is 4.60. The monoisotopic (exact) mass is 340 g/mol. The van der Waals surface area contributed by atoms with E-state index in [9.17, 15) is 9.59 Å². The molecule has 0 saturated carbocycles. The number of anilines is 1. The van der Waals surface area contributed by atoms with E-state index in [1.54, 1.807) is 25.1 Å². The summed E-state index contributed by atoms with van der Waals surface area (Å²) in [6.45, 7) is 5.78. The van der Waals surface area contributed by atoms with Gasteiger partial charge in [-0.1, -0.05) is 26.0 Å². The number of carbonyl (C=O) groups is 1. The lowest BCUT2D eigenvalue weighted by molar-refractivity contribution is -0.118. The van der Waals surface area contributed by atoms with Crippen molar-refractivity contribution in [1.29, 1.82) is 0 Å². The van der Waals surface area contributed by atoms with Gasteiger partial charge in [0.15, 0.2) is 0 Å². The molecule has 3 rings (SSSR count). The number of fused-ring (bicyclic) bond motifs is 1. The fourth-order valence-corrected chi connectivity index (χ4v) is 2.53. The summed E-state index contributed by atoms with van der Waals surface area (Å²) in [5.74, 6) is 0.962. The summed E-state index contributed by atoms with van der Waals surface area (Å²) in [5.41, 5.74) is 0.340. The van der Waals surface area contributed by atoms with Crippen molar-refractivity contribution < 1.29 is 4.79 Å². The number of hydrogen-bond acceptors (Lipinski definition) is 5. The van der Waals surface area contributed by atoms with E-state index >= 15 is 0 Å². The van der Waals surface area contributed by atoms with Crippen LogP contribution in [0, 0.1) is 5.92 Å². The summed E-state index contributed by atoms with van der Waals surface area (Å²) in [6.07, 6.45) is 2.13. The van der Waals surface area contributed by atoms with Crippen molar-refractivity contribution in [3.8, 4) is 0 Å². The van der Waals surface area contributed by atoms with E-state index in [-0.39, 0.29) is 17.4 Å². The van der Waals surface area contributed by atoms with Crippen LogP contribution < -0.4 is 10.9 Å². The molecule has 0 radical (unpaired) electrons. The number of carbonyl (C=O) groups excluding carboxylic acids is 1. The summed E-state index contributed by atoms with van der Waals surface area (Å²) >= 11 is 0. The summed E-state index contributed by atoms with van der Waals surface area (Å²) < 4.78 is 1.30. The molecule has 0 aliphatic carbocycles. The molecule has 2 aromatic heterocycles. The second-order valence-electron chi connectivity index (χ2n) is 6.34. The van der Waals surface area contributed by atoms with Crippen molar-refractivity contribution in [3.63, 3.8) is 0 Å². The van der Waals surface area contributed by atoms with E-state index in [1.165, 1.54) is 10.9 Å². The van der Waals surface area contributed by atoms with E-state index in [0.29, 0.717) is 22.6 Å². The molecule has 0 aliphatic heterocycles. The Bertz CT molecular complexity index is 959. The number of nitrogens with zero attached hydrogens (tertiary/aromatic N) is 4. The molecule has 1 amide bonds. The Balaban J connectivity index is 1.80. The van der Waals surface area contributed by atoms with Gasteiger partial charge in [-0.2, -0.15) is 4.98 Å².